The second-order valence-corrected chi connectivity index (χ2v) is 15.6. The number of benzene rings is 3. The number of halogens is 1. The quantitative estimate of drug-likeness (QED) is 0.0144. The second kappa shape index (κ2) is 18.6. The van der Waals surface area contributed by atoms with Crippen LogP contribution in [0, 0.1) is 23.3 Å². The Kier molecular flexibility index (Phi) is 14.2. The van der Waals surface area contributed by atoms with Crippen LogP contribution >= 0.6 is 23.4 Å². The van der Waals surface area contributed by atoms with Crippen LogP contribution in [0.25, 0.3) is 0 Å². The minimum atomic E-state index is -4.91. The predicted molar refractivity (Wildman–Crippen MR) is 196 cm³/mol. The summed E-state index contributed by atoms with van der Waals surface area (Å²) in [7, 11) is -11.7. The Hall–Kier alpha value is -5.41. The summed E-state index contributed by atoms with van der Waals surface area (Å²) in [5, 5.41) is 21.2. The van der Waals surface area contributed by atoms with Gasteiger partial charge in [-0.3, -0.25) is 18.8 Å². The van der Waals surface area contributed by atoms with Crippen LogP contribution in [0.4, 0.5) is 40.3 Å². The maximum atomic E-state index is 12.5. The Morgan fingerprint density at radius 1 is 0.926 bits per heavy atom. The number of nitrogens with zero attached hydrogens (tertiary/aromatic N) is 5. The highest BCUT2D eigenvalue weighted by Crippen LogP contribution is 2.37. The van der Waals surface area contributed by atoms with Gasteiger partial charge in [0.1, 0.15) is 10.6 Å². The zero-order chi connectivity index (χ0) is 39.4. The summed E-state index contributed by atoms with van der Waals surface area (Å²) < 4.78 is 92.9. The van der Waals surface area contributed by atoms with Gasteiger partial charge in [-0.25, -0.2) is 8.42 Å². The van der Waals surface area contributed by atoms with Crippen LogP contribution in [0.1, 0.15) is 0 Å². The average molecular weight is 838 g/mol. The van der Waals surface area contributed by atoms with E-state index < -0.39 is 35.2 Å². The second-order valence-electron chi connectivity index (χ2n) is 9.88. The summed E-state index contributed by atoms with van der Waals surface area (Å²) in [5.41, 5.74) is 0.123. The number of aromatic nitrogens is 3. The third-order valence-electron chi connectivity index (χ3n) is 6.11. The number of aldehydes is 1. The van der Waals surface area contributed by atoms with Crippen LogP contribution in [0.3, 0.4) is 0 Å². The number of nitrogens with one attached hydrogen (secondary N) is 4. The molecule has 0 aliphatic heterocycles. The molecule has 1 heterocycles. The van der Waals surface area contributed by atoms with E-state index >= 15 is 0 Å². The first kappa shape index (κ1) is 41.3. The van der Waals surface area contributed by atoms with Crippen LogP contribution < -0.4 is 21.3 Å². The van der Waals surface area contributed by atoms with Crippen molar-refractivity contribution >= 4 is 100 Å². The van der Waals surface area contributed by atoms with Crippen molar-refractivity contribution < 1.29 is 48.4 Å². The van der Waals surface area contributed by atoms with E-state index in [1.165, 1.54) is 24.3 Å². The molecule has 0 saturated carbocycles. The molecule has 54 heavy (non-hydrogen) atoms. The van der Waals surface area contributed by atoms with Gasteiger partial charge < -0.3 is 21.3 Å². The molecule has 6 N–H and O–H groups in total. The van der Waals surface area contributed by atoms with E-state index in [1.54, 1.807) is 31.3 Å². The van der Waals surface area contributed by atoms with Gasteiger partial charge in [-0.2, -0.15) is 36.9 Å². The van der Waals surface area contributed by atoms with Crippen LogP contribution in [0.15, 0.2) is 85.6 Å². The fraction of sp³-hybridized carbons (Fsp3) is 0.103. The summed E-state index contributed by atoms with van der Waals surface area (Å²) in [5.74, 6) is 1.66. The fourth-order valence-electron chi connectivity index (χ4n) is 3.89. The Morgan fingerprint density at radius 3 is 2.31 bits per heavy atom. The topological polar surface area (TPSA) is 290 Å². The molecule has 4 aromatic rings. The molecule has 0 aliphatic rings. The molecule has 25 heteroatoms. The van der Waals surface area contributed by atoms with Crippen molar-refractivity contribution in [3.05, 3.63) is 65.9 Å². The molecule has 0 amide bonds. The van der Waals surface area contributed by atoms with E-state index in [1.807, 2.05) is 6.11 Å². The first-order valence-corrected chi connectivity index (χ1v) is 20.0. The van der Waals surface area contributed by atoms with Crippen LogP contribution in [0.5, 0.6) is 0 Å². The van der Waals surface area contributed by atoms with Crippen molar-refractivity contribution in [1.29, 1.82) is 0 Å². The minimum absolute atomic E-state index is 0.0156. The molecule has 20 nitrogen and oxygen atoms in total. The lowest BCUT2D eigenvalue weighted by atomic mass is 10.2. The van der Waals surface area contributed by atoms with E-state index in [2.05, 4.69) is 72.9 Å². The number of azo groups is 1. The van der Waals surface area contributed by atoms with Crippen LogP contribution in [-0.2, 0) is 44.4 Å². The zero-order valence-electron chi connectivity index (χ0n) is 27.1. The van der Waals surface area contributed by atoms with E-state index in [4.69, 9.17) is 16.2 Å². The molecule has 1 aromatic heterocycles. The van der Waals surface area contributed by atoms with Gasteiger partial charge in [-0.1, -0.05) is 6.07 Å². The molecular formula is C29H24ClN9O11S4. The minimum Gasteiger partial charge on any atom is -0.324 e. The van der Waals surface area contributed by atoms with Crippen molar-refractivity contribution in [3.8, 4) is 23.3 Å². The van der Waals surface area contributed by atoms with Gasteiger partial charge in [0, 0.05) is 28.4 Å². The smallest absolute Gasteiger partial charge is 0.324 e. The van der Waals surface area contributed by atoms with Crippen molar-refractivity contribution in [2.45, 2.75) is 14.7 Å². The standard InChI is InChI=1S/C29H24ClN9O11S4/c1-31-11-15-52(41,42)22-8-6-19(7-9-22)38-39-24-18-26(53(43,44)45)25(32-10-3-12-40)17-23(24)34-29-36-27(30)35-28(37-29)33-20-4-2-5-21(16-20)51-14-13-49-50-54(46,47)48/h2,4-9,12,16-18,31-32H,11,15H2,1H3,(H,43,44,45)(H,46,47,48)(H2,33,34,35,36,37). The maximum absolute atomic E-state index is 12.5. The molecule has 0 bridgehead atoms. The molecule has 0 spiro atoms. The normalized spacial score (nSPS) is 11.5. The molecule has 0 fully saturated rings. The van der Waals surface area contributed by atoms with Gasteiger partial charge in [-0.15, -0.1) is 5.11 Å². The molecular weight excluding hydrogens is 814 g/mol. The summed E-state index contributed by atoms with van der Waals surface area (Å²) in [6.45, 7) is 0.242. The molecule has 4 rings (SSSR count). The monoisotopic (exact) mass is 837 g/mol. The number of hydrogen-bond acceptors (Lipinski definition) is 19. The largest absolute Gasteiger partial charge is 0.433 e. The van der Waals surface area contributed by atoms with Crippen LogP contribution in [0.2, 0.25) is 5.28 Å². The van der Waals surface area contributed by atoms with Crippen molar-refractivity contribution in [2.24, 2.45) is 10.2 Å². The van der Waals surface area contributed by atoms with Gasteiger partial charge in [0.15, 0.2) is 22.2 Å². The Bertz CT molecular complexity index is 2520. The molecule has 0 atom stereocenters. The van der Waals surface area contributed by atoms with Gasteiger partial charge in [-0.05, 0) is 95.3 Å². The lowest BCUT2D eigenvalue weighted by molar-refractivity contribution is -0.135. The Labute approximate surface area is 317 Å². The summed E-state index contributed by atoms with van der Waals surface area (Å²) in [6, 6.07) is 16.3. The van der Waals surface area contributed by atoms with E-state index in [0.29, 0.717) is 10.6 Å². The lowest BCUT2D eigenvalue weighted by Crippen LogP contribution is -2.19. The number of hydrogen-bond donors (Lipinski definition) is 6. The number of thioether (sulfide) groups is 1. The molecule has 282 valence electrons. The van der Waals surface area contributed by atoms with E-state index in [-0.39, 0.29) is 63.4 Å². The Balaban J connectivity index is 1.67. The highest BCUT2D eigenvalue weighted by atomic mass is 35.5. The number of rotatable bonds is 15. The molecule has 0 unspecified atom stereocenters. The van der Waals surface area contributed by atoms with Crippen molar-refractivity contribution in [3.63, 3.8) is 0 Å². The maximum Gasteiger partial charge on any atom is 0.433 e. The van der Waals surface area contributed by atoms with E-state index in [0.717, 1.165) is 23.9 Å². The number of anilines is 5. The Morgan fingerprint density at radius 2 is 1.65 bits per heavy atom. The third kappa shape index (κ3) is 12.9. The molecule has 0 radical (unpaired) electrons. The highest BCUT2D eigenvalue weighted by molar-refractivity contribution is 8.04. The van der Waals surface area contributed by atoms with Gasteiger partial charge >= 0.3 is 10.4 Å². The van der Waals surface area contributed by atoms with Gasteiger partial charge in [0.2, 0.25) is 17.2 Å². The van der Waals surface area contributed by atoms with Gasteiger partial charge in [0.05, 0.1) is 27.7 Å². The number of sulfone groups is 1. The van der Waals surface area contributed by atoms with Crippen molar-refractivity contribution in [1.82, 2.24) is 20.3 Å². The summed E-state index contributed by atoms with van der Waals surface area (Å²) in [4.78, 5) is 27.1. The fourth-order valence-corrected chi connectivity index (χ4v) is 6.60. The summed E-state index contributed by atoms with van der Waals surface area (Å²) in [6.07, 6.45) is 2.17. The average Bonchev–Trinajstić information content (AvgIpc) is 3.09. The third-order valence-corrected chi connectivity index (χ3v) is 9.82. The van der Waals surface area contributed by atoms with Crippen LogP contribution in [-0.4, -0.2) is 74.9 Å². The predicted octanol–water partition coefficient (Wildman–Crippen LogP) is 4.00. The number of carbonyl (C=O) groups excluding carboxylic acids is 1. The van der Waals surface area contributed by atoms with Crippen molar-refractivity contribution in [2.75, 3.05) is 35.3 Å². The molecule has 3 aromatic carbocycles. The molecule has 0 saturated heterocycles. The molecule has 0 aliphatic carbocycles. The number of carbonyl (C=O) groups is 1. The highest BCUT2D eigenvalue weighted by Gasteiger charge is 2.21. The SMILES string of the molecule is CNCCS(=O)(=O)c1ccc(N=Nc2cc(S(=O)(=O)O)c(NC#CC=O)cc2Nc2nc(Cl)nc(Nc3cccc(SC#COOS(=O)(=O)O)c3)n2)cc1. The summed E-state index contributed by atoms with van der Waals surface area (Å²) >= 11 is 7.09. The van der Waals surface area contributed by atoms with E-state index in [9.17, 15) is 34.6 Å². The lowest BCUT2D eigenvalue weighted by Gasteiger charge is -2.13. The zero-order valence-corrected chi connectivity index (χ0v) is 31.1. The van der Waals surface area contributed by atoms with Gasteiger partial charge in [0.25, 0.3) is 10.1 Å². The first-order chi connectivity index (χ1) is 25.6. The first-order valence-electron chi connectivity index (χ1n) is 14.4.